The van der Waals surface area contributed by atoms with E-state index < -0.39 is 0 Å². The third kappa shape index (κ3) is 1.38. The smallest absolute Gasteiger partial charge is 0.0659 e. The van der Waals surface area contributed by atoms with Crippen molar-refractivity contribution in [3.05, 3.63) is 0 Å². The average Bonchev–Trinajstić information content (AvgIpc) is 2.59. The van der Waals surface area contributed by atoms with Crippen LogP contribution in [0.1, 0.15) is 34.1 Å². The Morgan fingerprint density at radius 3 is 2.08 bits per heavy atom. The van der Waals surface area contributed by atoms with E-state index in [0.29, 0.717) is 12.5 Å². The predicted molar refractivity (Wildman–Crippen MR) is 50.7 cm³/mol. The summed E-state index contributed by atoms with van der Waals surface area (Å²) in [6, 6.07) is 0. The average molecular weight is 171 g/mol. The van der Waals surface area contributed by atoms with Crippen molar-refractivity contribution in [3.8, 4) is 0 Å². The van der Waals surface area contributed by atoms with E-state index in [1.165, 1.54) is 0 Å². The highest BCUT2D eigenvalue weighted by Crippen LogP contribution is 2.57. The molecule has 0 aromatic rings. The fraction of sp³-hybridized carbons (Fsp3) is 1.00. The maximum Gasteiger partial charge on any atom is 0.0659 e. The van der Waals surface area contributed by atoms with E-state index in [9.17, 15) is 5.11 Å². The van der Waals surface area contributed by atoms with Crippen molar-refractivity contribution in [2.45, 2.75) is 40.2 Å². The number of rotatable bonds is 2. The molecule has 0 bridgehead atoms. The number of nitrogens with two attached hydrogens (primary N) is 1. The maximum atomic E-state index is 10.1. The van der Waals surface area contributed by atoms with Crippen LogP contribution in [0.3, 0.4) is 0 Å². The van der Waals surface area contributed by atoms with Crippen LogP contribution in [0.4, 0.5) is 0 Å². The van der Waals surface area contributed by atoms with E-state index in [1.807, 2.05) is 0 Å². The molecule has 3 atom stereocenters. The Kier molecular flexibility index (Phi) is 2.26. The lowest BCUT2D eigenvalue weighted by Gasteiger charge is -2.33. The third-order valence-electron chi connectivity index (χ3n) is 3.25. The normalized spacial score (nSPS) is 38.0. The second kappa shape index (κ2) is 2.71. The van der Waals surface area contributed by atoms with Gasteiger partial charge in [-0.1, -0.05) is 27.7 Å². The van der Waals surface area contributed by atoms with Gasteiger partial charge in [-0.05, 0) is 17.8 Å². The molecule has 0 spiro atoms. The lowest BCUT2D eigenvalue weighted by atomic mass is 9.78. The lowest BCUT2D eigenvalue weighted by Crippen LogP contribution is -2.40. The van der Waals surface area contributed by atoms with E-state index in [4.69, 9.17) is 5.73 Å². The van der Waals surface area contributed by atoms with E-state index in [1.54, 1.807) is 0 Å². The lowest BCUT2D eigenvalue weighted by molar-refractivity contribution is -0.00322. The van der Waals surface area contributed by atoms with Crippen molar-refractivity contribution in [1.82, 2.24) is 0 Å². The molecule has 0 unspecified atom stereocenters. The first-order valence-corrected chi connectivity index (χ1v) is 4.73. The summed E-state index contributed by atoms with van der Waals surface area (Å²) in [5, 5.41) is 10.1. The Bertz CT molecular complexity index is 169. The standard InChI is InChI=1S/C10H21NO/c1-7-5-10(7,6-11)8(12)9(2,3)4/h7-8,12H,5-6,11H2,1-4H3/t7-,8-,10-/m0/s1. The van der Waals surface area contributed by atoms with Gasteiger partial charge < -0.3 is 10.8 Å². The molecule has 1 rings (SSSR count). The number of aliphatic hydroxyl groups excluding tert-OH is 1. The molecule has 0 radical (unpaired) electrons. The summed E-state index contributed by atoms with van der Waals surface area (Å²) in [4.78, 5) is 0. The molecule has 3 N–H and O–H groups in total. The van der Waals surface area contributed by atoms with Crippen LogP contribution < -0.4 is 5.73 Å². The Balaban J connectivity index is 2.70. The molecular formula is C10H21NO. The Labute approximate surface area is 75.2 Å². The van der Waals surface area contributed by atoms with Gasteiger partial charge >= 0.3 is 0 Å². The molecule has 72 valence electrons. The second-order valence-corrected chi connectivity index (χ2v) is 5.31. The van der Waals surface area contributed by atoms with Crippen LogP contribution in [0, 0.1) is 16.7 Å². The first-order valence-electron chi connectivity index (χ1n) is 4.73. The minimum absolute atomic E-state index is 0.0260. The summed E-state index contributed by atoms with van der Waals surface area (Å²) < 4.78 is 0. The van der Waals surface area contributed by atoms with Crippen molar-refractivity contribution >= 4 is 0 Å². The Morgan fingerprint density at radius 2 is 2.00 bits per heavy atom. The summed E-state index contributed by atoms with van der Waals surface area (Å²) in [6.45, 7) is 8.99. The molecule has 0 aliphatic heterocycles. The van der Waals surface area contributed by atoms with Crippen molar-refractivity contribution in [1.29, 1.82) is 0 Å². The van der Waals surface area contributed by atoms with Crippen LogP contribution >= 0.6 is 0 Å². The Hall–Kier alpha value is -0.0800. The van der Waals surface area contributed by atoms with Gasteiger partial charge in [0, 0.05) is 12.0 Å². The minimum Gasteiger partial charge on any atom is -0.392 e. The fourth-order valence-corrected chi connectivity index (χ4v) is 2.15. The minimum atomic E-state index is -0.259. The number of hydrogen-bond acceptors (Lipinski definition) is 2. The highest BCUT2D eigenvalue weighted by Gasteiger charge is 2.57. The molecule has 12 heavy (non-hydrogen) atoms. The quantitative estimate of drug-likeness (QED) is 0.659. The zero-order chi connectivity index (χ0) is 9.57. The monoisotopic (exact) mass is 171 g/mol. The summed E-state index contributed by atoms with van der Waals surface area (Å²) in [7, 11) is 0. The first kappa shape index (κ1) is 10.0. The highest BCUT2D eigenvalue weighted by molar-refractivity contribution is 5.08. The van der Waals surface area contributed by atoms with Crippen LogP contribution in [0.2, 0.25) is 0 Å². The van der Waals surface area contributed by atoms with E-state index in [0.717, 1.165) is 6.42 Å². The topological polar surface area (TPSA) is 46.2 Å². The van der Waals surface area contributed by atoms with E-state index in [2.05, 4.69) is 27.7 Å². The van der Waals surface area contributed by atoms with Gasteiger partial charge in [-0.3, -0.25) is 0 Å². The van der Waals surface area contributed by atoms with Crippen molar-refractivity contribution in [3.63, 3.8) is 0 Å². The summed E-state index contributed by atoms with van der Waals surface area (Å²) in [5.74, 6) is 0.594. The zero-order valence-corrected chi connectivity index (χ0v) is 8.59. The van der Waals surface area contributed by atoms with Gasteiger partial charge in [0.2, 0.25) is 0 Å². The van der Waals surface area contributed by atoms with Crippen molar-refractivity contribution in [2.75, 3.05) is 6.54 Å². The number of hydrogen-bond donors (Lipinski definition) is 2. The molecule has 2 heteroatoms. The molecule has 0 aromatic heterocycles. The molecule has 2 nitrogen and oxygen atoms in total. The summed E-state index contributed by atoms with van der Waals surface area (Å²) in [5.41, 5.74) is 5.69. The third-order valence-corrected chi connectivity index (χ3v) is 3.25. The molecule has 0 saturated heterocycles. The maximum absolute atomic E-state index is 10.1. The summed E-state index contributed by atoms with van der Waals surface area (Å²) >= 11 is 0. The zero-order valence-electron chi connectivity index (χ0n) is 8.59. The van der Waals surface area contributed by atoms with Gasteiger partial charge in [0.1, 0.15) is 0 Å². The van der Waals surface area contributed by atoms with Crippen LogP contribution in [-0.4, -0.2) is 17.8 Å². The highest BCUT2D eigenvalue weighted by atomic mass is 16.3. The van der Waals surface area contributed by atoms with Crippen molar-refractivity contribution < 1.29 is 5.11 Å². The van der Waals surface area contributed by atoms with Gasteiger partial charge in [0.25, 0.3) is 0 Å². The van der Waals surface area contributed by atoms with Gasteiger partial charge in [-0.2, -0.15) is 0 Å². The second-order valence-electron chi connectivity index (χ2n) is 5.31. The first-order chi connectivity index (χ1) is 5.34. The molecule has 1 fully saturated rings. The van der Waals surface area contributed by atoms with Crippen molar-refractivity contribution in [2.24, 2.45) is 22.5 Å². The van der Waals surface area contributed by atoms with Gasteiger partial charge in [0.05, 0.1) is 6.10 Å². The van der Waals surface area contributed by atoms with Gasteiger partial charge in [-0.15, -0.1) is 0 Å². The largest absolute Gasteiger partial charge is 0.392 e. The molecule has 0 heterocycles. The molecule has 0 amide bonds. The van der Waals surface area contributed by atoms with Crippen LogP contribution in [0.25, 0.3) is 0 Å². The number of aliphatic hydroxyl groups is 1. The van der Waals surface area contributed by atoms with E-state index >= 15 is 0 Å². The van der Waals surface area contributed by atoms with E-state index in [-0.39, 0.29) is 16.9 Å². The Morgan fingerprint density at radius 1 is 1.58 bits per heavy atom. The van der Waals surface area contributed by atoms with Crippen LogP contribution in [0.15, 0.2) is 0 Å². The molecule has 1 aliphatic rings. The molecule has 1 aliphatic carbocycles. The fourth-order valence-electron chi connectivity index (χ4n) is 2.15. The predicted octanol–water partition coefficient (Wildman–Crippen LogP) is 1.38. The van der Waals surface area contributed by atoms with Crippen LogP contribution in [0.5, 0.6) is 0 Å². The van der Waals surface area contributed by atoms with Gasteiger partial charge in [-0.25, -0.2) is 0 Å². The molecule has 0 aromatic carbocycles. The van der Waals surface area contributed by atoms with Crippen LogP contribution in [-0.2, 0) is 0 Å². The van der Waals surface area contributed by atoms with Gasteiger partial charge in [0.15, 0.2) is 0 Å². The molecule has 1 saturated carbocycles. The SMILES string of the molecule is C[C@H]1C[C@@]1(CN)[C@@H](O)C(C)(C)C. The molecular weight excluding hydrogens is 150 g/mol. The summed E-state index contributed by atoms with van der Waals surface area (Å²) in [6.07, 6.45) is 0.826.